The number of phenols is 1. The molecule has 3 rings (SSSR count). The average Bonchev–Trinajstić information content (AvgIpc) is 2.96. The molecule has 1 N–H and O–H groups in total. The van der Waals surface area contributed by atoms with Crippen molar-refractivity contribution in [1.82, 2.24) is 9.80 Å². The van der Waals surface area contributed by atoms with Gasteiger partial charge in [-0.1, -0.05) is 63.2 Å². The van der Waals surface area contributed by atoms with Crippen molar-refractivity contribution in [2.75, 3.05) is 60.7 Å². The Balaban J connectivity index is 1.61. The van der Waals surface area contributed by atoms with Crippen LogP contribution >= 0.6 is 0 Å². The first-order valence-electron chi connectivity index (χ1n) is 14.6. The van der Waals surface area contributed by atoms with Gasteiger partial charge in [0.2, 0.25) is 5.91 Å². The van der Waals surface area contributed by atoms with Gasteiger partial charge in [-0.3, -0.25) is 4.79 Å². The lowest BCUT2D eigenvalue weighted by Gasteiger charge is -2.42. The van der Waals surface area contributed by atoms with Gasteiger partial charge in [0.25, 0.3) is 0 Å². The number of aromatic hydroxyl groups is 1. The van der Waals surface area contributed by atoms with E-state index in [1.165, 1.54) is 5.56 Å². The lowest BCUT2D eigenvalue weighted by atomic mass is 9.67. The summed E-state index contributed by atoms with van der Waals surface area (Å²) in [6.07, 6.45) is 3.46. The molecule has 1 aliphatic heterocycles. The summed E-state index contributed by atoms with van der Waals surface area (Å²) < 4.78 is 16.6. The summed E-state index contributed by atoms with van der Waals surface area (Å²) in [6, 6.07) is 16.5. The molecule has 0 radical (unpaired) electrons. The van der Waals surface area contributed by atoms with Crippen LogP contribution in [0.1, 0.15) is 63.1 Å². The fourth-order valence-corrected chi connectivity index (χ4v) is 5.51. The molecule has 1 amide bonds. The number of methoxy groups -OCH3 is 2. The average molecular weight is 555 g/mol. The van der Waals surface area contributed by atoms with Crippen LogP contribution in [-0.4, -0.2) is 87.8 Å². The van der Waals surface area contributed by atoms with E-state index < -0.39 is 6.29 Å². The molecule has 7 nitrogen and oxygen atoms in total. The zero-order valence-corrected chi connectivity index (χ0v) is 25.4. The van der Waals surface area contributed by atoms with Crippen molar-refractivity contribution in [3.8, 4) is 5.75 Å². The lowest BCUT2D eigenvalue weighted by molar-refractivity contribution is -0.148. The number of carbonyl (C=O) groups is 1. The van der Waals surface area contributed by atoms with E-state index in [9.17, 15) is 9.90 Å². The normalized spacial score (nSPS) is 15.9. The maximum Gasteiger partial charge on any atom is 0.225 e. The second-order valence-corrected chi connectivity index (χ2v) is 11.9. The van der Waals surface area contributed by atoms with Gasteiger partial charge in [0.1, 0.15) is 5.75 Å². The minimum absolute atomic E-state index is 0.00396. The van der Waals surface area contributed by atoms with Crippen LogP contribution < -0.4 is 0 Å². The van der Waals surface area contributed by atoms with Crippen LogP contribution in [0, 0.1) is 5.41 Å². The van der Waals surface area contributed by atoms with Gasteiger partial charge in [-0.25, -0.2) is 0 Å². The number of phenolic OH excluding ortho intramolecular Hbond substituents is 1. The Morgan fingerprint density at radius 3 is 2.38 bits per heavy atom. The number of likely N-dealkylation sites (tertiary alicyclic amines) is 1. The van der Waals surface area contributed by atoms with E-state index in [1.54, 1.807) is 14.2 Å². The van der Waals surface area contributed by atoms with Crippen LogP contribution in [0.3, 0.4) is 0 Å². The molecular weight excluding hydrogens is 504 g/mol. The van der Waals surface area contributed by atoms with E-state index in [-0.39, 0.29) is 16.7 Å². The number of hydrogen-bond donors (Lipinski definition) is 1. The number of benzene rings is 2. The summed E-state index contributed by atoms with van der Waals surface area (Å²) in [5, 5.41) is 11.0. The molecule has 0 unspecified atom stereocenters. The van der Waals surface area contributed by atoms with E-state index in [0.717, 1.165) is 43.5 Å². The molecule has 1 heterocycles. The molecule has 222 valence electrons. The van der Waals surface area contributed by atoms with Crippen LogP contribution in [0.5, 0.6) is 5.75 Å². The Bertz CT molecular complexity index is 1050. The van der Waals surface area contributed by atoms with E-state index in [4.69, 9.17) is 14.2 Å². The Labute approximate surface area is 241 Å². The van der Waals surface area contributed by atoms with Gasteiger partial charge in [-0.05, 0) is 68.4 Å². The molecule has 0 aromatic heterocycles. The second-order valence-electron chi connectivity index (χ2n) is 11.9. The maximum atomic E-state index is 13.1. The lowest BCUT2D eigenvalue weighted by Crippen LogP contribution is -2.44. The van der Waals surface area contributed by atoms with Crippen LogP contribution in [-0.2, 0) is 30.8 Å². The second kappa shape index (κ2) is 15.0. The molecule has 2 aromatic rings. The molecule has 40 heavy (non-hydrogen) atoms. The van der Waals surface area contributed by atoms with E-state index in [1.807, 2.05) is 23.1 Å². The quantitative estimate of drug-likeness (QED) is 0.240. The highest BCUT2D eigenvalue weighted by atomic mass is 16.7. The summed E-state index contributed by atoms with van der Waals surface area (Å²) >= 11 is 0. The first-order valence-corrected chi connectivity index (χ1v) is 14.6. The number of amides is 1. The van der Waals surface area contributed by atoms with Crippen LogP contribution in [0.2, 0.25) is 0 Å². The zero-order valence-electron chi connectivity index (χ0n) is 25.4. The Morgan fingerprint density at radius 1 is 1.07 bits per heavy atom. The third-order valence-corrected chi connectivity index (χ3v) is 8.56. The van der Waals surface area contributed by atoms with Crippen LogP contribution in [0.15, 0.2) is 48.5 Å². The number of nitrogens with zero attached hydrogens (tertiary/aromatic N) is 2. The fraction of sp³-hybridized carbons (Fsp3) is 0.606. The van der Waals surface area contributed by atoms with Crippen LogP contribution in [0.4, 0.5) is 0 Å². The molecule has 0 aliphatic carbocycles. The highest BCUT2D eigenvalue weighted by molar-refractivity contribution is 5.76. The monoisotopic (exact) mass is 554 g/mol. The van der Waals surface area contributed by atoms with Gasteiger partial charge in [0, 0.05) is 31.7 Å². The minimum Gasteiger partial charge on any atom is -0.508 e. The number of carbonyl (C=O) groups excluding carboxylic acids is 1. The zero-order chi connectivity index (χ0) is 29.2. The molecule has 0 spiro atoms. The van der Waals surface area contributed by atoms with Crippen molar-refractivity contribution in [1.29, 1.82) is 0 Å². The SMILES string of the molecule is CCC(C)(C)CN(CC(OC)OC)C(=O)CCOCCc1ccc(O)c(C2(c3ccccc3)CCN(C)CC2)c1. The van der Waals surface area contributed by atoms with Gasteiger partial charge in [-0.2, -0.15) is 0 Å². The fourth-order valence-electron chi connectivity index (χ4n) is 5.51. The van der Waals surface area contributed by atoms with Gasteiger partial charge < -0.3 is 29.1 Å². The molecule has 7 heteroatoms. The van der Waals surface area contributed by atoms with Crippen molar-refractivity contribution in [2.45, 2.75) is 64.6 Å². The molecule has 1 aliphatic rings. The van der Waals surface area contributed by atoms with Crippen molar-refractivity contribution >= 4 is 5.91 Å². The number of ether oxygens (including phenoxy) is 3. The van der Waals surface area contributed by atoms with Crippen molar-refractivity contribution < 1.29 is 24.1 Å². The van der Waals surface area contributed by atoms with E-state index in [0.29, 0.717) is 44.9 Å². The highest BCUT2D eigenvalue weighted by Gasteiger charge is 2.39. The van der Waals surface area contributed by atoms with Gasteiger partial charge in [-0.15, -0.1) is 0 Å². The Hall–Kier alpha value is -2.45. The standard InChI is InChI=1S/C33H50N2O5/c1-7-32(2,3)25-35(24-31(38-5)39-6)30(37)16-22-40-21-15-26-13-14-29(36)28(23-26)33(17-19-34(4)20-18-33)27-11-9-8-10-12-27/h8-14,23,31,36H,7,15-22,24-25H2,1-6H3. The van der Waals surface area contributed by atoms with Crippen molar-refractivity contribution in [3.05, 3.63) is 65.2 Å². The predicted octanol–water partition coefficient (Wildman–Crippen LogP) is 5.24. The summed E-state index contributed by atoms with van der Waals surface area (Å²) in [6.45, 7) is 10.3. The number of piperidine rings is 1. The van der Waals surface area contributed by atoms with Gasteiger partial charge in [0.05, 0.1) is 26.2 Å². The van der Waals surface area contributed by atoms with E-state index in [2.05, 4.69) is 63.1 Å². The van der Waals surface area contributed by atoms with Crippen molar-refractivity contribution in [3.63, 3.8) is 0 Å². The summed E-state index contributed by atoms with van der Waals surface area (Å²) in [5.41, 5.74) is 3.18. The Kier molecular flexibility index (Phi) is 12.0. The number of hydrogen-bond acceptors (Lipinski definition) is 6. The largest absolute Gasteiger partial charge is 0.508 e. The summed E-state index contributed by atoms with van der Waals surface area (Å²) in [4.78, 5) is 17.3. The van der Waals surface area contributed by atoms with Crippen LogP contribution in [0.25, 0.3) is 0 Å². The summed E-state index contributed by atoms with van der Waals surface area (Å²) in [5.74, 6) is 0.392. The smallest absolute Gasteiger partial charge is 0.225 e. The molecule has 0 bridgehead atoms. The topological polar surface area (TPSA) is 71.5 Å². The molecule has 0 atom stereocenters. The molecular formula is C33H50N2O5. The first-order chi connectivity index (χ1) is 19.1. The first kappa shape index (κ1) is 32.1. The molecule has 2 aromatic carbocycles. The third-order valence-electron chi connectivity index (χ3n) is 8.56. The molecule has 1 fully saturated rings. The predicted molar refractivity (Wildman–Crippen MR) is 160 cm³/mol. The van der Waals surface area contributed by atoms with E-state index >= 15 is 0 Å². The number of rotatable bonds is 15. The summed E-state index contributed by atoms with van der Waals surface area (Å²) in [7, 11) is 5.34. The maximum absolute atomic E-state index is 13.1. The third kappa shape index (κ3) is 8.53. The highest BCUT2D eigenvalue weighted by Crippen LogP contribution is 2.45. The molecule has 1 saturated heterocycles. The minimum atomic E-state index is -0.454. The van der Waals surface area contributed by atoms with Gasteiger partial charge in [0.15, 0.2) is 6.29 Å². The Morgan fingerprint density at radius 2 is 1.75 bits per heavy atom. The molecule has 0 saturated carbocycles. The van der Waals surface area contributed by atoms with Crippen molar-refractivity contribution in [2.24, 2.45) is 5.41 Å². The van der Waals surface area contributed by atoms with Gasteiger partial charge >= 0.3 is 0 Å².